The van der Waals surface area contributed by atoms with Crippen molar-refractivity contribution in [1.29, 1.82) is 0 Å². The number of nitrogens with zero attached hydrogens (tertiary/aromatic N) is 6. The number of aromatic nitrogens is 6. The quantitative estimate of drug-likeness (QED) is 0.741. The summed E-state index contributed by atoms with van der Waals surface area (Å²) in [5, 5.41) is 8.02. The molecule has 0 bridgehead atoms. The Kier molecular flexibility index (Phi) is 3.66. The summed E-state index contributed by atoms with van der Waals surface area (Å²) in [6.45, 7) is 1.89. The number of halogens is 2. The van der Waals surface area contributed by atoms with Crippen LogP contribution in [0.2, 0.25) is 0 Å². The molecule has 0 aliphatic heterocycles. The predicted molar refractivity (Wildman–Crippen MR) is 74.9 cm³/mol. The largest absolute Gasteiger partial charge is 0.282 e. The van der Waals surface area contributed by atoms with E-state index in [0.717, 1.165) is 5.56 Å². The molecular formula is C14H14F2N6. The second kappa shape index (κ2) is 5.63. The van der Waals surface area contributed by atoms with Crippen LogP contribution in [0.3, 0.4) is 0 Å². The van der Waals surface area contributed by atoms with Gasteiger partial charge in [0, 0.05) is 25.5 Å². The Morgan fingerprint density at radius 2 is 1.95 bits per heavy atom. The van der Waals surface area contributed by atoms with Crippen molar-refractivity contribution in [2.24, 2.45) is 7.05 Å². The summed E-state index contributed by atoms with van der Waals surface area (Å²) in [5.41, 5.74) is 1.25. The van der Waals surface area contributed by atoms with E-state index in [1.54, 1.807) is 36.4 Å². The van der Waals surface area contributed by atoms with Gasteiger partial charge < -0.3 is 0 Å². The number of hydrogen-bond donors (Lipinski definition) is 0. The molecule has 0 saturated heterocycles. The van der Waals surface area contributed by atoms with Crippen LogP contribution in [-0.4, -0.2) is 29.5 Å². The van der Waals surface area contributed by atoms with Crippen LogP contribution in [0.5, 0.6) is 0 Å². The van der Waals surface area contributed by atoms with Gasteiger partial charge in [-0.15, -0.1) is 0 Å². The lowest BCUT2D eigenvalue weighted by atomic mass is 10.2. The smallest absolute Gasteiger partial charge is 0.251 e. The first kappa shape index (κ1) is 14.3. The van der Waals surface area contributed by atoms with E-state index < -0.39 is 6.43 Å². The van der Waals surface area contributed by atoms with Crippen LogP contribution in [0.4, 0.5) is 8.78 Å². The van der Waals surface area contributed by atoms with Crippen molar-refractivity contribution in [1.82, 2.24) is 29.5 Å². The maximum atomic E-state index is 13.0. The van der Waals surface area contributed by atoms with Crippen molar-refractivity contribution < 1.29 is 8.78 Å². The number of hydrogen-bond acceptors (Lipinski definition) is 4. The zero-order valence-electron chi connectivity index (χ0n) is 12.1. The van der Waals surface area contributed by atoms with Crippen molar-refractivity contribution >= 4 is 0 Å². The zero-order valence-corrected chi connectivity index (χ0v) is 12.1. The molecule has 3 rings (SSSR count). The monoisotopic (exact) mass is 304 g/mol. The molecule has 0 aliphatic carbocycles. The molecule has 3 aromatic rings. The standard InChI is InChI=1S/C14H14F2N6/c1-9-7-17-12(18-8-9)6-10-5-11(14(15)16)20-22(10)13-3-4-19-21(13)2/h3-5,7-8,14H,6H2,1-2H3. The molecular weight excluding hydrogens is 290 g/mol. The minimum absolute atomic E-state index is 0.275. The lowest BCUT2D eigenvalue weighted by Crippen LogP contribution is -2.09. The van der Waals surface area contributed by atoms with E-state index in [1.165, 1.54) is 10.7 Å². The Hall–Kier alpha value is -2.64. The summed E-state index contributed by atoms with van der Waals surface area (Å²) in [6, 6.07) is 3.09. The zero-order chi connectivity index (χ0) is 15.7. The Morgan fingerprint density at radius 1 is 1.23 bits per heavy atom. The first-order valence-corrected chi connectivity index (χ1v) is 6.67. The molecule has 0 atom stereocenters. The van der Waals surface area contributed by atoms with E-state index in [1.807, 2.05) is 6.92 Å². The van der Waals surface area contributed by atoms with Gasteiger partial charge in [0.25, 0.3) is 6.43 Å². The van der Waals surface area contributed by atoms with Crippen molar-refractivity contribution in [2.45, 2.75) is 19.8 Å². The molecule has 114 valence electrons. The normalized spacial score (nSPS) is 11.3. The molecule has 0 radical (unpaired) electrons. The molecule has 0 spiro atoms. The maximum Gasteiger partial charge on any atom is 0.282 e. The summed E-state index contributed by atoms with van der Waals surface area (Å²) in [6.07, 6.45) is 2.66. The lowest BCUT2D eigenvalue weighted by Gasteiger charge is -2.07. The van der Waals surface area contributed by atoms with Crippen LogP contribution in [0.1, 0.15) is 29.2 Å². The molecule has 0 N–H and O–H groups in total. The highest BCUT2D eigenvalue weighted by molar-refractivity contribution is 5.28. The molecule has 3 aromatic heterocycles. The van der Waals surface area contributed by atoms with Gasteiger partial charge in [0.05, 0.1) is 18.3 Å². The van der Waals surface area contributed by atoms with E-state index in [9.17, 15) is 8.78 Å². The van der Waals surface area contributed by atoms with Gasteiger partial charge in [-0.2, -0.15) is 10.2 Å². The van der Waals surface area contributed by atoms with E-state index in [4.69, 9.17) is 0 Å². The Morgan fingerprint density at radius 3 is 2.55 bits per heavy atom. The van der Waals surface area contributed by atoms with E-state index >= 15 is 0 Å². The van der Waals surface area contributed by atoms with E-state index in [-0.39, 0.29) is 5.69 Å². The molecule has 0 saturated carbocycles. The molecule has 0 fully saturated rings. The first-order chi connectivity index (χ1) is 10.5. The Balaban J connectivity index is 2.02. The van der Waals surface area contributed by atoms with Gasteiger partial charge in [0.1, 0.15) is 11.5 Å². The Bertz CT molecular complexity index is 775. The fourth-order valence-electron chi connectivity index (χ4n) is 2.12. The highest BCUT2D eigenvalue weighted by Gasteiger charge is 2.18. The molecule has 0 aromatic carbocycles. The highest BCUT2D eigenvalue weighted by Crippen LogP contribution is 2.22. The topological polar surface area (TPSA) is 61.4 Å². The van der Waals surface area contributed by atoms with Crippen LogP contribution in [0.15, 0.2) is 30.7 Å². The third-order valence-electron chi connectivity index (χ3n) is 3.21. The van der Waals surface area contributed by atoms with Gasteiger partial charge in [0.15, 0.2) is 5.82 Å². The number of rotatable bonds is 4. The lowest BCUT2D eigenvalue weighted by molar-refractivity contribution is 0.145. The van der Waals surface area contributed by atoms with Crippen LogP contribution in [0, 0.1) is 6.92 Å². The van der Waals surface area contributed by atoms with Crippen LogP contribution in [-0.2, 0) is 13.5 Å². The molecule has 0 amide bonds. The van der Waals surface area contributed by atoms with Crippen molar-refractivity contribution in [3.8, 4) is 5.82 Å². The minimum Gasteiger partial charge on any atom is -0.251 e. The second-order valence-electron chi connectivity index (χ2n) is 4.94. The summed E-state index contributed by atoms with van der Waals surface area (Å²) >= 11 is 0. The summed E-state index contributed by atoms with van der Waals surface area (Å²) in [7, 11) is 1.73. The summed E-state index contributed by atoms with van der Waals surface area (Å²) in [4.78, 5) is 8.42. The van der Waals surface area contributed by atoms with Gasteiger partial charge in [-0.05, 0) is 18.6 Å². The number of alkyl halides is 2. The molecule has 0 unspecified atom stereocenters. The fourth-order valence-corrected chi connectivity index (χ4v) is 2.12. The van der Waals surface area contributed by atoms with Crippen molar-refractivity contribution in [2.75, 3.05) is 0 Å². The third kappa shape index (κ3) is 2.72. The SMILES string of the molecule is Cc1cnc(Cc2cc(C(F)F)nn2-c2ccnn2C)nc1. The van der Waals surface area contributed by atoms with Crippen LogP contribution in [0.25, 0.3) is 5.82 Å². The van der Waals surface area contributed by atoms with Gasteiger partial charge in [-0.25, -0.2) is 23.4 Å². The fraction of sp³-hybridized carbons (Fsp3) is 0.286. The van der Waals surface area contributed by atoms with Gasteiger partial charge in [-0.1, -0.05) is 0 Å². The van der Waals surface area contributed by atoms with Gasteiger partial charge in [-0.3, -0.25) is 4.68 Å². The van der Waals surface area contributed by atoms with Gasteiger partial charge in [0.2, 0.25) is 0 Å². The average Bonchev–Trinajstić information content (AvgIpc) is 3.07. The second-order valence-corrected chi connectivity index (χ2v) is 4.94. The van der Waals surface area contributed by atoms with Gasteiger partial charge >= 0.3 is 0 Å². The highest BCUT2D eigenvalue weighted by atomic mass is 19.3. The van der Waals surface area contributed by atoms with E-state index in [2.05, 4.69) is 20.2 Å². The maximum absolute atomic E-state index is 13.0. The average molecular weight is 304 g/mol. The molecule has 22 heavy (non-hydrogen) atoms. The molecule has 6 nitrogen and oxygen atoms in total. The third-order valence-corrected chi connectivity index (χ3v) is 3.21. The van der Waals surface area contributed by atoms with Crippen molar-refractivity contribution in [3.05, 3.63) is 53.5 Å². The molecule has 3 heterocycles. The predicted octanol–water partition coefficient (Wildman–Crippen LogP) is 2.23. The summed E-state index contributed by atoms with van der Waals surface area (Å²) < 4.78 is 29.0. The van der Waals surface area contributed by atoms with Crippen LogP contribution < -0.4 is 0 Å². The molecule has 0 aliphatic rings. The Labute approximate surface area is 125 Å². The summed E-state index contributed by atoms with van der Waals surface area (Å²) in [5.74, 6) is 1.16. The minimum atomic E-state index is -2.63. The van der Waals surface area contributed by atoms with Crippen LogP contribution >= 0.6 is 0 Å². The van der Waals surface area contributed by atoms with E-state index in [0.29, 0.717) is 23.8 Å². The molecule has 8 heteroatoms. The number of aryl methyl sites for hydroxylation is 2. The first-order valence-electron chi connectivity index (χ1n) is 6.67. The van der Waals surface area contributed by atoms with Crippen molar-refractivity contribution in [3.63, 3.8) is 0 Å².